The number of nitrogens with zero attached hydrogens (tertiary/aromatic N) is 1. The van der Waals surface area contributed by atoms with E-state index in [4.69, 9.17) is 0 Å². The molecule has 6 nitrogen and oxygen atoms in total. The molecule has 0 bridgehead atoms. The Morgan fingerprint density at radius 3 is 2.38 bits per heavy atom. The van der Waals surface area contributed by atoms with Gasteiger partial charge in [0.05, 0.1) is 11.3 Å². The van der Waals surface area contributed by atoms with Crippen LogP contribution in [0.25, 0.3) is 0 Å². The summed E-state index contributed by atoms with van der Waals surface area (Å²) in [6.45, 7) is 0. The van der Waals surface area contributed by atoms with E-state index in [1.54, 1.807) is 5.38 Å². The number of thiazole rings is 1. The summed E-state index contributed by atoms with van der Waals surface area (Å²) >= 11 is 1.18. The minimum atomic E-state index is -3.73. The lowest BCUT2D eigenvalue weighted by Gasteiger charge is -2.08. The average Bonchev–Trinajstić information content (AvgIpc) is 3.09. The fourth-order valence-electron chi connectivity index (χ4n) is 2.16. The van der Waals surface area contributed by atoms with Crippen molar-refractivity contribution < 1.29 is 17.6 Å². The van der Waals surface area contributed by atoms with Crippen LogP contribution in [0.2, 0.25) is 0 Å². The first-order valence-electron chi connectivity index (χ1n) is 7.49. The molecule has 0 saturated carbocycles. The van der Waals surface area contributed by atoms with E-state index in [1.807, 2.05) is 0 Å². The van der Waals surface area contributed by atoms with Gasteiger partial charge < -0.3 is 5.32 Å². The fourth-order valence-corrected chi connectivity index (χ4v) is 3.95. The molecule has 1 heterocycles. The molecule has 134 valence electrons. The third-order valence-corrected chi connectivity index (χ3v) is 5.55. The van der Waals surface area contributed by atoms with Crippen molar-refractivity contribution in [2.24, 2.45) is 0 Å². The van der Waals surface area contributed by atoms with E-state index in [1.165, 1.54) is 66.1 Å². The van der Waals surface area contributed by atoms with Gasteiger partial charge in [-0.1, -0.05) is 12.1 Å². The summed E-state index contributed by atoms with van der Waals surface area (Å²) in [4.78, 5) is 16.0. The molecule has 0 aliphatic rings. The molecule has 26 heavy (non-hydrogen) atoms. The molecule has 0 atom stereocenters. The lowest BCUT2D eigenvalue weighted by atomic mass is 10.1. The van der Waals surface area contributed by atoms with Gasteiger partial charge in [-0.2, -0.15) is 0 Å². The van der Waals surface area contributed by atoms with Gasteiger partial charge in [0.15, 0.2) is 5.13 Å². The molecule has 0 spiro atoms. The molecule has 2 aromatic carbocycles. The second-order valence-electron chi connectivity index (χ2n) is 5.32. The Labute approximate surface area is 153 Å². The minimum absolute atomic E-state index is 0.0595. The Balaban J connectivity index is 1.63. The normalized spacial score (nSPS) is 11.1. The number of carbonyl (C=O) groups is 1. The molecule has 0 aliphatic carbocycles. The lowest BCUT2D eigenvalue weighted by Crippen LogP contribution is -2.15. The summed E-state index contributed by atoms with van der Waals surface area (Å²) < 4.78 is 39.7. The Morgan fingerprint density at radius 2 is 1.77 bits per heavy atom. The molecule has 3 rings (SSSR count). The van der Waals surface area contributed by atoms with Crippen LogP contribution in [0.3, 0.4) is 0 Å². The van der Waals surface area contributed by atoms with Crippen molar-refractivity contribution in [2.75, 3.05) is 10.0 Å². The maximum atomic E-state index is 12.9. The summed E-state index contributed by atoms with van der Waals surface area (Å²) in [7, 11) is -3.73. The number of sulfonamides is 1. The number of hydrogen-bond acceptors (Lipinski definition) is 5. The monoisotopic (exact) mass is 391 g/mol. The number of hydrogen-bond donors (Lipinski definition) is 2. The highest BCUT2D eigenvalue weighted by atomic mass is 32.2. The first-order valence-corrected chi connectivity index (χ1v) is 9.85. The molecular weight excluding hydrogens is 377 g/mol. The molecule has 0 unspecified atom stereocenters. The SMILES string of the molecule is O=C(Cc1ccc(F)cc1)Nc1ccc(S(=O)(=O)Nc2nccs2)cc1. The van der Waals surface area contributed by atoms with Crippen LogP contribution in [0.15, 0.2) is 65.0 Å². The van der Waals surface area contributed by atoms with Crippen molar-refractivity contribution in [2.45, 2.75) is 11.3 Å². The Morgan fingerprint density at radius 1 is 1.08 bits per heavy atom. The minimum Gasteiger partial charge on any atom is -0.326 e. The highest BCUT2D eigenvalue weighted by Crippen LogP contribution is 2.19. The molecule has 3 aromatic rings. The summed E-state index contributed by atoms with van der Waals surface area (Å²) in [5.41, 5.74) is 1.14. The Kier molecular flexibility index (Phi) is 5.29. The van der Waals surface area contributed by atoms with Crippen LogP contribution in [-0.2, 0) is 21.2 Å². The predicted molar refractivity (Wildman–Crippen MR) is 98.1 cm³/mol. The fraction of sp³-hybridized carbons (Fsp3) is 0.0588. The number of rotatable bonds is 6. The Bertz CT molecular complexity index is 987. The van der Waals surface area contributed by atoms with E-state index in [0.29, 0.717) is 11.3 Å². The summed E-state index contributed by atoms with van der Waals surface area (Å²) in [5.74, 6) is -0.648. The van der Waals surface area contributed by atoms with Crippen molar-refractivity contribution in [3.63, 3.8) is 0 Å². The van der Waals surface area contributed by atoms with E-state index >= 15 is 0 Å². The molecule has 0 radical (unpaired) electrons. The molecular formula is C17H14FN3O3S2. The molecule has 1 amide bonds. The third-order valence-electron chi connectivity index (χ3n) is 3.38. The largest absolute Gasteiger partial charge is 0.326 e. The van der Waals surface area contributed by atoms with Crippen molar-refractivity contribution in [1.82, 2.24) is 4.98 Å². The molecule has 0 aliphatic heterocycles. The average molecular weight is 391 g/mol. The molecule has 0 saturated heterocycles. The summed E-state index contributed by atoms with van der Waals surface area (Å²) in [5, 5.41) is 4.61. The van der Waals surface area contributed by atoms with Crippen molar-refractivity contribution in [3.8, 4) is 0 Å². The van der Waals surface area contributed by atoms with Gasteiger partial charge >= 0.3 is 0 Å². The zero-order chi connectivity index (χ0) is 18.6. The standard InChI is InChI=1S/C17H14FN3O3S2/c18-13-3-1-12(2-4-13)11-16(22)20-14-5-7-15(8-6-14)26(23,24)21-17-19-9-10-25-17/h1-10H,11H2,(H,19,21)(H,20,22). The van der Waals surface area contributed by atoms with Crippen LogP contribution >= 0.6 is 11.3 Å². The third kappa shape index (κ3) is 4.64. The van der Waals surface area contributed by atoms with Gasteiger partial charge in [-0.05, 0) is 42.0 Å². The number of anilines is 2. The number of amides is 1. The number of nitrogens with one attached hydrogen (secondary N) is 2. The van der Waals surface area contributed by atoms with E-state index in [0.717, 1.165) is 0 Å². The molecule has 9 heteroatoms. The zero-order valence-corrected chi connectivity index (χ0v) is 15.0. The summed E-state index contributed by atoms with van der Waals surface area (Å²) in [6.07, 6.45) is 1.59. The molecule has 2 N–H and O–H groups in total. The van der Waals surface area contributed by atoms with E-state index in [2.05, 4.69) is 15.0 Å². The van der Waals surface area contributed by atoms with Crippen LogP contribution < -0.4 is 10.0 Å². The first-order chi connectivity index (χ1) is 12.4. The van der Waals surface area contributed by atoms with Crippen LogP contribution in [0.1, 0.15) is 5.56 Å². The maximum Gasteiger partial charge on any atom is 0.263 e. The first kappa shape index (κ1) is 18.0. The van der Waals surface area contributed by atoms with E-state index < -0.39 is 10.0 Å². The number of carbonyl (C=O) groups excluding carboxylic acids is 1. The van der Waals surface area contributed by atoms with Crippen LogP contribution in [0, 0.1) is 5.82 Å². The van der Waals surface area contributed by atoms with Gasteiger partial charge in [-0.15, -0.1) is 11.3 Å². The second kappa shape index (κ2) is 7.63. The highest BCUT2D eigenvalue weighted by Gasteiger charge is 2.15. The van der Waals surface area contributed by atoms with Gasteiger partial charge in [-0.25, -0.2) is 17.8 Å². The van der Waals surface area contributed by atoms with Gasteiger partial charge in [0.1, 0.15) is 5.82 Å². The van der Waals surface area contributed by atoms with Gasteiger partial charge in [0, 0.05) is 17.3 Å². The smallest absolute Gasteiger partial charge is 0.263 e. The number of aromatic nitrogens is 1. The van der Waals surface area contributed by atoms with Gasteiger partial charge in [-0.3, -0.25) is 9.52 Å². The summed E-state index contributed by atoms with van der Waals surface area (Å²) in [6, 6.07) is 11.4. The van der Waals surface area contributed by atoms with Crippen LogP contribution in [-0.4, -0.2) is 19.3 Å². The van der Waals surface area contributed by atoms with Crippen LogP contribution in [0.4, 0.5) is 15.2 Å². The van der Waals surface area contributed by atoms with Crippen molar-refractivity contribution in [3.05, 3.63) is 71.5 Å². The number of benzene rings is 2. The maximum absolute atomic E-state index is 12.9. The van der Waals surface area contributed by atoms with Crippen molar-refractivity contribution in [1.29, 1.82) is 0 Å². The van der Waals surface area contributed by atoms with Gasteiger partial charge in [0.2, 0.25) is 5.91 Å². The van der Waals surface area contributed by atoms with Crippen molar-refractivity contribution >= 4 is 38.1 Å². The molecule has 0 fully saturated rings. The predicted octanol–water partition coefficient (Wildman–Crippen LogP) is 3.26. The van der Waals surface area contributed by atoms with E-state index in [-0.39, 0.29) is 28.2 Å². The van der Waals surface area contributed by atoms with E-state index in [9.17, 15) is 17.6 Å². The van der Waals surface area contributed by atoms with Gasteiger partial charge in [0.25, 0.3) is 10.0 Å². The molecule has 1 aromatic heterocycles. The second-order valence-corrected chi connectivity index (χ2v) is 7.90. The van der Waals surface area contributed by atoms with Crippen LogP contribution in [0.5, 0.6) is 0 Å². The topological polar surface area (TPSA) is 88.2 Å². The Hall–Kier alpha value is -2.78. The lowest BCUT2D eigenvalue weighted by molar-refractivity contribution is -0.115. The zero-order valence-electron chi connectivity index (χ0n) is 13.3. The number of halogens is 1. The highest BCUT2D eigenvalue weighted by molar-refractivity contribution is 7.93. The quantitative estimate of drug-likeness (QED) is 0.675.